The zero-order chi connectivity index (χ0) is 19.7. The summed E-state index contributed by atoms with van der Waals surface area (Å²) in [6.07, 6.45) is 4.60. The number of fused-ring (bicyclic) bond motifs is 1. The van der Waals surface area contributed by atoms with Crippen LogP contribution in [-0.2, 0) is 20.0 Å². The van der Waals surface area contributed by atoms with Gasteiger partial charge in [0, 0.05) is 48.1 Å². The number of carbonyl (C=O) groups excluding carboxylic acids is 1. The summed E-state index contributed by atoms with van der Waals surface area (Å²) in [6.45, 7) is 4.77. The lowest BCUT2D eigenvalue weighted by atomic mass is 10.1. The van der Waals surface area contributed by atoms with Crippen LogP contribution >= 0.6 is 0 Å². The van der Waals surface area contributed by atoms with Gasteiger partial charge in [-0.2, -0.15) is 0 Å². The number of aromatic amines is 1. The molecule has 0 atom stereocenters. The normalized spacial score (nSPS) is 11.1. The highest BCUT2D eigenvalue weighted by atomic mass is 16.1. The highest BCUT2D eigenvalue weighted by molar-refractivity contribution is 6.00. The highest BCUT2D eigenvalue weighted by Gasteiger charge is 2.15. The Hall–Kier alpha value is -3.34. The van der Waals surface area contributed by atoms with E-state index in [1.807, 2.05) is 42.1 Å². The monoisotopic (exact) mass is 372 g/mol. The van der Waals surface area contributed by atoms with E-state index in [1.165, 1.54) is 16.6 Å². The molecule has 0 radical (unpaired) electrons. The number of aryl methyl sites for hydroxylation is 3. The first-order valence-electron chi connectivity index (χ1n) is 9.53. The van der Waals surface area contributed by atoms with Crippen molar-refractivity contribution >= 4 is 16.8 Å². The molecule has 2 aromatic heterocycles. The molecule has 0 unspecified atom stereocenters. The van der Waals surface area contributed by atoms with E-state index < -0.39 is 0 Å². The first kappa shape index (κ1) is 18.0. The Kier molecular flexibility index (Phi) is 4.74. The average molecular weight is 372 g/mol. The maximum Gasteiger partial charge on any atom is 0.252 e. The number of nitrogens with zero attached hydrogens (tertiary/aromatic N) is 2. The van der Waals surface area contributed by atoms with Crippen molar-refractivity contribution in [3.8, 4) is 11.4 Å². The maximum atomic E-state index is 12.9. The molecule has 0 saturated carbocycles. The van der Waals surface area contributed by atoms with E-state index in [1.54, 1.807) is 6.20 Å². The molecule has 0 saturated heterocycles. The van der Waals surface area contributed by atoms with Gasteiger partial charge >= 0.3 is 0 Å². The third kappa shape index (κ3) is 3.20. The summed E-state index contributed by atoms with van der Waals surface area (Å²) in [5.74, 6) is 0.681. The molecule has 0 fully saturated rings. The van der Waals surface area contributed by atoms with E-state index >= 15 is 0 Å². The summed E-state index contributed by atoms with van der Waals surface area (Å²) in [7, 11) is 1.93. The first-order valence-corrected chi connectivity index (χ1v) is 9.53. The lowest BCUT2D eigenvalue weighted by Crippen LogP contribution is -2.23. The van der Waals surface area contributed by atoms with Crippen molar-refractivity contribution in [1.82, 2.24) is 19.9 Å². The van der Waals surface area contributed by atoms with Crippen LogP contribution < -0.4 is 5.32 Å². The van der Waals surface area contributed by atoms with E-state index in [0.717, 1.165) is 28.9 Å². The minimum Gasteiger partial charge on any atom is -0.358 e. The zero-order valence-corrected chi connectivity index (χ0v) is 16.4. The molecule has 5 nitrogen and oxygen atoms in total. The van der Waals surface area contributed by atoms with Crippen molar-refractivity contribution in [3.63, 3.8) is 0 Å². The van der Waals surface area contributed by atoms with Gasteiger partial charge in [0.1, 0.15) is 5.82 Å². The summed E-state index contributed by atoms with van der Waals surface area (Å²) in [5.41, 5.74) is 6.23. The zero-order valence-electron chi connectivity index (χ0n) is 16.4. The molecule has 0 aliphatic carbocycles. The fourth-order valence-electron chi connectivity index (χ4n) is 3.67. The molecule has 0 spiro atoms. The molecule has 5 heteroatoms. The van der Waals surface area contributed by atoms with Crippen molar-refractivity contribution < 1.29 is 4.79 Å². The molecule has 4 rings (SSSR count). The van der Waals surface area contributed by atoms with Gasteiger partial charge in [-0.25, -0.2) is 4.98 Å². The quantitative estimate of drug-likeness (QED) is 0.546. The van der Waals surface area contributed by atoms with Crippen LogP contribution in [0.3, 0.4) is 0 Å². The Labute approximate surface area is 164 Å². The fourth-order valence-corrected chi connectivity index (χ4v) is 3.67. The molecule has 1 amide bonds. The van der Waals surface area contributed by atoms with Crippen molar-refractivity contribution in [3.05, 3.63) is 77.2 Å². The Morgan fingerprint density at radius 1 is 1.21 bits per heavy atom. The second-order valence-corrected chi connectivity index (χ2v) is 7.05. The maximum absolute atomic E-state index is 12.9. The predicted octanol–water partition coefficient (Wildman–Crippen LogP) is 4.37. The Balaban J connectivity index is 1.56. The van der Waals surface area contributed by atoms with E-state index in [0.29, 0.717) is 12.1 Å². The molecular weight excluding hydrogens is 348 g/mol. The lowest BCUT2D eigenvalue weighted by molar-refractivity contribution is 0.0951. The molecule has 0 aliphatic rings. The number of rotatable bonds is 5. The van der Waals surface area contributed by atoms with Crippen LogP contribution in [0.5, 0.6) is 0 Å². The lowest BCUT2D eigenvalue weighted by Gasteiger charge is -2.10. The predicted molar refractivity (Wildman–Crippen MR) is 112 cm³/mol. The van der Waals surface area contributed by atoms with Crippen molar-refractivity contribution in [2.75, 3.05) is 0 Å². The largest absolute Gasteiger partial charge is 0.358 e. The molecule has 0 aliphatic heterocycles. The van der Waals surface area contributed by atoms with Gasteiger partial charge in [0.25, 0.3) is 5.91 Å². The summed E-state index contributed by atoms with van der Waals surface area (Å²) >= 11 is 0. The summed E-state index contributed by atoms with van der Waals surface area (Å²) in [6, 6.07) is 13.9. The average Bonchev–Trinajstić information content (AvgIpc) is 3.29. The van der Waals surface area contributed by atoms with Crippen LogP contribution in [0.4, 0.5) is 0 Å². The summed E-state index contributed by atoms with van der Waals surface area (Å²) < 4.78 is 1.92. The number of hydrogen-bond donors (Lipinski definition) is 2. The molecule has 2 heterocycles. The number of imidazole rings is 1. The van der Waals surface area contributed by atoms with Crippen molar-refractivity contribution in [2.24, 2.45) is 7.05 Å². The number of hydrogen-bond acceptors (Lipinski definition) is 2. The Morgan fingerprint density at radius 3 is 2.79 bits per heavy atom. The first-order chi connectivity index (χ1) is 13.6. The van der Waals surface area contributed by atoms with Crippen molar-refractivity contribution in [1.29, 1.82) is 0 Å². The van der Waals surface area contributed by atoms with Crippen LogP contribution in [0.1, 0.15) is 34.1 Å². The standard InChI is InChI=1S/C23H24N4O/c1-4-20-15(2)19-13-16(9-10-21(19)26-20)14-25-23(28)18-8-6-5-7-17(18)22-24-11-12-27(22)3/h5-13,26H,4,14H2,1-3H3,(H,25,28). The molecule has 2 aromatic carbocycles. The molecule has 28 heavy (non-hydrogen) atoms. The third-order valence-corrected chi connectivity index (χ3v) is 5.27. The van der Waals surface area contributed by atoms with Gasteiger partial charge in [-0.05, 0) is 42.7 Å². The highest BCUT2D eigenvalue weighted by Crippen LogP contribution is 2.24. The summed E-state index contributed by atoms with van der Waals surface area (Å²) in [4.78, 5) is 20.7. The van der Waals surface area contributed by atoms with Crippen LogP contribution in [0.15, 0.2) is 54.9 Å². The minimum absolute atomic E-state index is 0.0984. The van der Waals surface area contributed by atoms with Crippen LogP contribution in [-0.4, -0.2) is 20.4 Å². The summed E-state index contributed by atoms with van der Waals surface area (Å²) in [5, 5.41) is 4.28. The fraction of sp³-hybridized carbons (Fsp3) is 0.217. The second kappa shape index (κ2) is 7.35. The number of aromatic nitrogens is 3. The number of H-pyrrole nitrogens is 1. The van der Waals surface area contributed by atoms with E-state index in [-0.39, 0.29) is 5.91 Å². The van der Waals surface area contributed by atoms with E-state index in [2.05, 4.69) is 47.3 Å². The van der Waals surface area contributed by atoms with Crippen LogP contribution in [0.2, 0.25) is 0 Å². The topological polar surface area (TPSA) is 62.7 Å². The number of amides is 1. The van der Waals surface area contributed by atoms with Crippen LogP contribution in [0.25, 0.3) is 22.3 Å². The number of carbonyl (C=O) groups is 1. The van der Waals surface area contributed by atoms with Gasteiger partial charge in [0.2, 0.25) is 0 Å². The van der Waals surface area contributed by atoms with E-state index in [4.69, 9.17) is 0 Å². The Morgan fingerprint density at radius 2 is 2.04 bits per heavy atom. The van der Waals surface area contributed by atoms with Gasteiger partial charge in [-0.15, -0.1) is 0 Å². The SMILES string of the molecule is CCc1[nH]c2ccc(CNC(=O)c3ccccc3-c3nccn3C)cc2c1C. The van der Waals surface area contributed by atoms with Gasteiger partial charge < -0.3 is 14.9 Å². The minimum atomic E-state index is -0.0984. The van der Waals surface area contributed by atoms with E-state index in [9.17, 15) is 4.79 Å². The molecular formula is C23H24N4O. The van der Waals surface area contributed by atoms with Gasteiger partial charge in [-0.1, -0.05) is 31.2 Å². The molecule has 0 bridgehead atoms. The molecule has 2 N–H and O–H groups in total. The van der Waals surface area contributed by atoms with Gasteiger partial charge in [-0.3, -0.25) is 4.79 Å². The smallest absolute Gasteiger partial charge is 0.252 e. The third-order valence-electron chi connectivity index (χ3n) is 5.27. The van der Waals surface area contributed by atoms with Crippen LogP contribution in [0, 0.1) is 6.92 Å². The van der Waals surface area contributed by atoms with Crippen molar-refractivity contribution in [2.45, 2.75) is 26.8 Å². The van der Waals surface area contributed by atoms with Gasteiger partial charge in [0.15, 0.2) is 0 Å². The molecule has 4 aromatic rings. The van der Waals surface area contributed by atoms with Gasteiger partial charge in [0.05, 0.1) is 5.56 Å². The molecule has 142 valence electrons. The second-order valence-electron chi connectivity index (χ2n) is 7.05. The number of benzene rings is 2. The Bertz CT molecular complexity index is 1150. The number of nitrogens with one attached hydrogen (secondary N) is 2.